The van der Waals surface area contributed by atoms with Crippen LogP contribution in [-0.4, -0.2) is 16.1 Å². The zero-order valence-corrected chi connectivity index (χ0v) is 10.5. The molecule has 0 atom stereocenters. The molecule has 0 saturated carbocycles. The van der Waals surface area contributed by atoms with Crippen LogP contribution in [0.4, 0.5) is 0 Å². The SMILES string of the molecule is Cc1nc2c(C)cc(Br)cc2cc1C(=O)O. The van der Waals surface area contributed by atoms with Gasteiger partial charge in [0.2, 0.25) is 0 Å². The highest BCUT2D eigenvalue weighted by Crippen LogP contribution is 2.24. The van der Waals surface area contributed by atoms with Crippen molar-refractivity contribution in [3.63, 3.8) is 0 Å². The summed E-state index contributed by atoms with van der Waals surface area (Å²) in [5.74, 6) is -0.940. The van der Waals surface area contributed by atoms with Crippen LogP contribution in [0.5, 0.6) is 0 Å². The number of pyridine rings is 1. The minimum Gasteiger partial charge on any atom is -0.478 e. The summed E-state index contributed by atoms with van der Waals surface area (Å²) in [6.45, 7) is 3.67. The summed E-state index contributed by atoms with van der Waals surface area (Å²) in [4.78, 5) is 15.3. The molecule has 0 aliphatic heterocycles. The number of aromatic nitrogens is 1. The fourth-order valence-corrected chi connectivity index (χ4v) is 2.32. The van der Waals surface area contributed by atoms with Gasteiger partial charge in [0.1, 0.15) is 0 Å². The Balaban J connectivity index is 2.84. The van der Waals surface area contributed by atoms with E-state index in [4.69, 9.17) is 5.11 Å². The topological polar surface area (TPSA) is 50.2 Å². The second-order valence-corrected chi connectivity index (χ2v) is 4.64. The minimum atomic E-state index is -0.940. The molecule has 1 aromatic carbocycles. The highest BCUT2D eigenvalue weighted by atomic mass is 79.9. The lowest BCUT2D eigenvalue weighted by atomic mass is 10.1. The van der Waals surface area contributed by atoms with Gasteiger partial charge in [-0.3, -0.25) is 4.98 Å². The van der Waals surface area contributed by atoms with Crippen LogP contribution >= 0.6 is 15.9 Å². The monoisotopic (exact) mass is 279 g/mol. The van der Waals surface area contributed by atoms with Gasteiger partial charge in [0.15, 0.2) is 0 Å². The highest BCUT2D eigenvalue weighted by molar-refractivity contribution is 9.10. The smallest absolute Gasteiger partial charge is 0.337 e. The second-order valence-electron chi connectivity index (χ2n) is 3.72. The number of carboxylic acid groups (broad SMARTS) is 1. The third-order valence-electron chi connectivity index (χ3n) is 2.49. The van der Waals surface area contributed by atoms with Crippen molar-refractivity contribution < 1.29 is 9.90 Å². The van der Waals surface area contributed by atoms with E-state index in [0.717, 1.165) is 20.9 Å². The van der Waals surface area contributed by atoms with Crippen molar-refractivity contribution in [3.8, 4) is 0 Å². The first-order valence-electron chi connectivity index (χ1n) is 4.80. The lowest BCUT2D eigenvalue weighted by molar-refractivity contribution is 0.0696. The van der Waals surface area contributed by atoms with Crippen molar-refractivity contribution in [2.45, 2.75) is 13.8 Å². The van der Waals surface area contributed by atoms with E-state index in [1.807, 2.05) is 19.1 Å². The molecule has 0 fully saturated rings. The minimum absolute atomic E-state index is 0.255. The number of carbonyl (C=O) groups is 1. The van der Waals surface area contributed by atoms with Crippen LogP contribution in [0.1, 0.15) is 21.6 Å². The Bertz CT molecular complexity index is 593. The molecule has 16 heavy (non-hydrogen) atoms. The predicted molar refractivity (Wildman–Crippen MR) is 65.9 cm³/mol. The number of hydrogen-bond donors (Lipinski definition) is 1. The molecule has 0 radical (unpaired) electrons. The van der Waals surface area contributed by atoms with Crippen molar-refractivity contribution in [1.82, 2.24) is 4.98 Å². The molecule has 1 aromatic heterocycles. The van der Waals surface area contributed by atoms with Gasteiger partial charge in [-0.1, -0.05) is 15.9 Å². The van der Waals surface area contributed by atoms with Crippen LogP contribution in [0, 0.1) is 13.8 Å². The number of rotatable bonds is 1. The molecular weight excluding hydrogens is 270 g/mol. The summed E-state index contributed by atoms with van der Waals surface area (Å²) in [6.07, 6.45) is 0. The molecule has 4 heteroatoms. The van der Waals surface area contributed by atoms with E-state index in [0.29, 0.717) is 5.69 Å². The van der Waals surface area contributed by atoms with Crippen LogP contribution in [-0.2, 0) is 0 Å². The van der Waals surface area contributed by atoms with Crippen LogP contribution in [0.3, 0.4) is 0 Å². The first kappa shape index (κ1) is 11.1. The Labute approximate surface area is 101 Å². The van der Waals surface area contributed by atoms with E-state index in [2.05, 4.69) is 20.9 Å². The van der Waals surface area contributed by atoms with Crippen molar-refractivity contribution in [1.29, 1.82) is 0 Å². The molecule has 2 aromatic rings. The molecule has 0 spiro atoms. The number of aryl methyl sites for hydroxylation is 2. The number of hydrogen-bond acceptors (Lipinski definition) is 2. The van der Waals surface area contributed by atoms with Crippen molar-refractivity contribution >= 4 is 32.8 Å². The molecule has 0 aliphatic carbocycles. The predicted octanol–water partition coefficient (Wildman–Crippen LogP) is 3.31. The van der Waals surface area contributed by atoms with E-state index in [-0.39, 0.29) is 5.56 Å². The van der Waals surface area contributed by atoms with E-state index >= 15 is 0 Å². The van der Waals surface area contributed by atoms with E-state index < -0.39 is 5.97 Å². The molecule has 2 rings (SSSR count). The molecule has 0 unspecified atom stereocenters. The molecule has 0 aliphatic rings. The Hall–Kier alpha value is -1.42. The third-order valence-corrected chi connectivity index (χ3v) is 2.95. The average molecular weight is 280 g/mol. The van der Waals surface area contributed by atoms with Gasteiger partial charge in [-0.15, -0.1) is 0 Å². The van der Waals surface area contributed by atoms with E-state index in [9.17, 15) is 4.79 Å². The molecule has 0 amide bonds. The van der Waals surface area contributed by atoms with Gasteiger partial charge in [-0.2, -0.15) is 0 Å². The third kappa shape index (κ3) is 1.80. The number of halogens is 1. The van der Waals surface area contributed by atoms with Gasteiger partial charge in [0.05, 0.1) is 16.8 Å². The number of fused-ring (bicyclic) bond motifs is 1. The average Bonchev–Trinajstić information content (AvgIpc) is 2.18. The molecule has 1 N–H and O–H groups in total. The molecule has 82 valence electrons. The lowest BCUT2D eigenvalue weighted by Gasteiger charge is -2.06. The largest absolute Gasteiger partial charge is 0.478 e. The first-order valence-corrected chi connectivity index (χ1v) is 5.59. The van der Waals surface area contributed by atoms with Gasteiger partial charge in [-0.05, 0) is 37.6 Å². The fraction of sp³-hybridized carbons (Fsp3) is 0.167. The molecular formula is C12H10BrNO2. The van der Waals surface area contributed by atoms with E-state index in [1.54, 1.807) is 13.0 Å². The van der Waals surface area contributed by atoms with Crippen molar-refractivity contribution in [2.24, 2.45) is 0 Å². The standard InChI is InChI=1S/C12H10BrNO2/c1-6-3-9(13)4-8-5-10(12(15)16)7(2)14-11(6)8/h3-5H,1-2H3,(H,15,16). The zero-order chi connectivity index (χ0) is 11.9. The zero-order valence-electron chi connectivity index (χ0n) is 8.91. The number of aromatic carboxylic acids is 1. The quantitative estimate of drug-likeness (QED) is 0.871. The second kappa shape index (κ2) is 3.87. The number of benzene rings is 1. The van der Waals surface area contributed by atoms with Gasteiger partial charge >= 0.3 is 5.97 Å². The van der Waals surface area contributed by atoms with Crippen molar-refractivity contribution in [2.75, 3.05) is 0 Å². The highest BCUT2D eigenvalue weighted by Gasteiger charge is 2.11. The van der Waals surface area contributed by atoms with Gasteiger partial charge in [0, 0.05) is 9.86 Å². The van der Waals surface area contributed by atoms with Crippen LogP contribution in [0.15, 0.2) is 22.7 Å². The fourth-order valence-electron chi connectivity index (χ4n) is 1.73. The van der Waals surface area contributed by atoms with Crippen LogP contribution in [0.2, 0.25) is 0 Å². The maximum Gasteiger partial charge on any atom is 0.337 e. The van der Waals surface area contributed by atoms with Gasteiger partial charge in [0.25, 0.3) is 0 Å². The van der Waals surface area contributed by atoms with Crippen LogP contribution in [0.25, 0.3) is 10.9 Å². The maximum absolute atomic E-state index is 11.0. The normalized spacial score (nSPS) is 10.7. The lowest BCUT2D eigenvalue weighted by Crippen LogP contribution is -2.02. The van der Waals surface area contributed by atoms with Crippen LogP contribution < -0.4 is 0 Å². The summed E-state index contributed by atoms with van der Waals surface area (Å²) in [5, 5.41) is 9.85. The van der Waals surface area contributed by atoms with Crippen molar-refractivity contribution in [3.05, 3.63) is 39.5 Å². The molecule has 1 heterocycles. The summed E-state index contributed by atoms with van der Waals surface area (Å²) >= 11 is 3.39. The van der Waals surface area contributed by atoms with Gasteiger partial charge < -0.3 is 5.11 Å². The number of carboxylic acids is 1. The summed E-state index contributed by atoms with van der Waals surface area (Å²) in [6, 6.07) is 5.51. The number of nitrogens with zero attached hydrogens (tertiary/aromatic N) is 1. The van der Waals surface area contributed by atoms with Gasteiger partial charge in [-0.25, -0.2) is 4.79 Å². The summed E-state index contributed by atoms with van der Waals surface area (Å²) in [7, 11) is 0. The Kier molecular flexibility index (Phi) is 2.68. The molecule has 0 saturated heterocycles. The maximum atomic E-state index is 11.0. The molecule has 0 bridgehead atoms. The summed E-state index contributed by atoms with van der Waals surface area (Å²) < 4.78 is 0.930. The Morgan fingerprint density at radius 3 is 2.62 bits per heavy atom. The Morgan fingerprint density at radius 1 is 1.31 bits per heavy atom. The van der Waals surface area contributed by atoms with E-state index in [1.165, 1.54) is 0 Å². The summed E-state index contributed by atoms with van der Waals surface area (Å²) in [5.41, 5.74) is 2.69. The molecule has 3 nitrogen and oxygen atoms in total. The Morgan fingerprint density at radius 2 is 2.00 bits per heavy atom. The first-order chi connectivity index (χ1) is 7.49.